The van der Waals surface area contributed by atoms with E-state index in [-0.39, 0.29) is 5.97 Å². The Labute approximate surface area is 133 Å². The number of aryl methyl sites for hydroxylation is 1. The minimum Gasteiger partial charge on any atom is -0.461 e. The topological polar surface area (TPSA) is 34.5 Å². The van der Waals surface area contributed by atoms with Crippen LogP contribution >= 0.6 is 15.9 Å². The smallest absolute Gasteiger partial charge is 0.356 e. The molecule has 0 saturated heterocycles. The number of benzene rings is 1. The van der Waals surface area contributed by atoms with E-state index in [9.17, 15) is 4.79 Å². The molecule has 0 bridgehead atoms. The molecule has 0 spiro atoms. The number of esters is 1. The molecule has 0 atom stereocenters. The molecule has 0 aliphatic heterocycles. The monoisotopic (exact) mass is 352 g/mol. The molecule has 0 aliphatic carbocycles. The highest BCUT2D eigenvalue weighted by atomic mass is 79.9. The molecule has 2 aromatic rings. The first-order valence-electron chi connectivity index (χ1n) is 7.14. The van der Waals surface area contributed by atoms with E-state index in [1.807, 2.05) is 31.2 Å². The van der Waals surface area contributed by atoms with Crippen molar-refractivity contribution in [2.24, 2.45) is 0 Å². The number of aromatic nitrogens is 1. The van der Waals surface area contributed by atoms with Crippen molar-refractivity contribution in [3.8, 4) is 0 Å². The highest BCUT2D eigenvalue weighted by molar-refractivity contribution is 9.10. The van der Waals surface area contributed by atoms with E-state index in [0.717, 1.165) is 34.9 Å². The fourth-order valence-corrected chi connectivity index (χ4v) is 3.15. The van der Waals surface area contributed by atoms with Crippen LogP contribution in [0.1, 0.15) is 23.8 Å². The Morgan fingerprint density at radius 2 is 2.05 bits per heavy atom. The summed E-state index contributed by atoms with van der Waals surface area (Å²) in [6, 6.07) is 8.03. The summed E-state index contributed by atoms with van der Waals surface area (Å²) in [6.45, 7) is 3.97. The number of para-hydroxylation sites is 1. The van der Waals surface area contributed by atoms with Gasteiger partial charge in [0.05, 0.1) is 11.1 Å². The lowest BCUT2D eigenvalue weighted by Crippen LogP contribution is -2.17. The van der Waals surface area contributed by atoms with Gasteiger partial charge in [-0.1, -0.05) is 18.2 Å². The van der Waals surface area contributed by atoms with Gasteiger partial charge in [-0.2, -0.15) is 0 Å². The van der Waals surface area contributed by atoms with Crippen molar-refractivity contribution in [1.29, 1.82) is 0 Å². The molecule has 0 unspecified atom stereocenters. The average molecular weight is 353 g/mol. The molecule has 1 heterocycles. The Morgan fingerprint density at radius 3 is 2.71 bits per heavy atom. The van der Waals surface area contributed by atoms with Crippen LogP contribution in [0.2, 0.25) is 0 Å². The molecule has 4 nitrogen and oxygen atoms in total. The molecule has 0 amide bonds. The molecule has 2 rings (SSSR count). The van der Waals surface area contributed by atoms with Gasteiger partial charge in [-0.05, 0) is 56.0 Å². The molecule has 5 heteroatoms. The summed E-state index contributed by atoms with van der Waals surface area (Å²) in [6.07, 6.45) is 0.977. The predicted molar refractivity (Wildman–Crippen MR) is 88.8 cm³/mol. The fraction of sp³-hybridized carbons (Fsp3) is 0.438. The van der Waals surface area contributed by atoms with Gasteiger partial charge in [-0.25, -0.2) is 4.79 Å². The van der Waals surface area contributed by atoms with Crippen molar-refractivity contribution in [2.75, 3.05) is 27.2 Å². The number of nitrogens with zero attached hydrogens (tertiary/aromatic N) is 2. The molecule has 21 heavy (non-hydrogen) atoms. The Hall–Kier alpha value is -1.33. The van der Waals surface area contributed by atoms with Gasteiger partial charge >= 0.3 is 5.97 Å². The zero-order chi connectivity index (χ0) is 15.4. The summed E-state index contributed by atoms with van der Waals surface area (Å²) < 4.78 is 8.08. The van der Waals surface area contributed by atoms with Crippen LogP contribution in [0, 0.1) is 0 Å². The Bertz CT molecular complexity index is 634. The van der Waals surface area contributed by atoms with Crippen molar-refractivity contribution in [2.45, 2.75) is 19.9 Å². The van der Waals surface area contributed by atoms with Crippen molar-refractivity contribution in [3.63, 3.8) is 0 Å². The number of rotatable bonds is 6. The zero-order valence-electron chi connectivity index (χ0n) is 12.7. The van der Waals surface area contributed by atoms with Gasteiger partial charge in [0.2, 0.25) is 0 Å². The fourth-order valence-electron chi connectivity index (χ4n) is 2.44. The predicted octanol–water partition coefficient (Wildman–Crippen LogP) is 3.53. The Morgan fingerprint density at radius 1 is 1.33 bits per heavy atom. The molecule has 114 valence electrons. The van der Waals surface area contributed by atoms with Crippen LogP contribution in [0.5, 0.6) is 0 Å². The largest absolute Gasteiger partial charge is 0.461 e. The number of hydrogen-bond donors (Lipinski definition) is 0. The summed E-state index contributed by atoms with van der Waals surface area (Å²) in [5.74, 6) is -0.273. The first kappa shape index (κ1) is 16.0. The maximum absolute atomic E-state index is 12.3. The molecular weight excluding hydrogens is 332 g/mol. The molecule has 0 saturated carbocycles. The third-order valence-electron chi connectivity index (χ3n) is 3.36. The summed E-state index contributed by atoms with van der Waals surface area (Å²) in [5.41, 5.74) is 1.67. The van der Waals surface area contributed by atoms with E-state index >= 15 is 0 Å². The van der Waals surface area contributed by atoms with Gasteiger partial charge in [-0.15, -0.1) is 0 Å². The van der Waals surface area contributed by atoms with Crippen molar-refractivity contribution < 1.29 is 9.53 Å². The van der Waals surface area contributed by atoms with Gasteiger partial charge in [0.1, 0.15) is 5.69 Å². The zero-order valence-corrected chi connectivity index (χ0v) is 14.3. The lowest BCUT2D eigenvalue weighted by Gasteiger charge is -2.13. The molecule has 0 aliphatic rings. The second-order valence-corrected chi connectivity index (χ2v) is 6.00. The molecule has 1 aromatic heterocycles. The van der Waals surface area contributed by atoms with E-state index in [1.54, 1.807) is 0 Å². The number of hydrogen-bond acceptors (Lipinski definition) is 3. The molecule has 1 aromatic carbocycles. The minimum absolute atomic E-state index is 0.273. The van der Waals surface area contributed by atoms with Crippen molar-refractivity contribution >= 4 is 32.8 Å². The van der Waals surface area contributed by atoms with Crippen LogP contribution in [0.25, 0.3) is 10.9 Å². The summed E-state index contributed by atoms with van der Waals surface area (Å²) in [4.78, 5) is 14.4. The van der Waals surface area contributed by atoms with Crippen LogP contribution in [0.3, 0.4) is 0 Å². The van der Waals surface area contributed by atoms with E-state index < -0.39 is 0 Å². The van der Waals surface area contributed by atoms with Crippen LogP contribution in [-0.2, 0) is 11.3 Å². The summed E-state index contributed by atoms with van der Waals surface area (Å²) in [5, 5.41) is 1.05. The molecule has 0 N–H and O–H groups in total. The first-order valence-corrected chi connectivity index (χ1v) is 7.94. The Balaban J connectivity index is 2.43. The maximum atomic E-state index is 12.3. The molecular formula is C16H21BrN2O2. The average Bonchev–Trinajstić information content (AvgIpc) is 2.72. The summed E-state index contributed by atoms with van der Waals surface area (Å²) >= 11 is 3.56. The number of ether oxygens (including phenoxy) is 1. The lowest BCUT2D eigenvalue weighted by atomic mass is 10.2. The standard InChI is InChI=1S/C16H21BrN2O2/c1-4-21-16(20)15-14(17)12-8-5-6-9-13(12)19(15)11-7-10-18(2)3/h5-6,8-9H,4,7,10-11H2,1-3H3. The van der Waals surface area contributed by atoms with E-state index in [2.05, 4.69) is 39.5 Å². The Kier molecular flexibility index (Phi) is 5.42. The van der Waals surface area contributed by atoms with Crippen LogP contribution in [0.15, 0.2) is 28.7 Å². The van der Waals surface area contributed by atoms with Gasteiger partial charge in [0.15, 0.2) is 0 Å². The number of fused-ring (bicyclic) bond motifs is 1. The number of carbonyl (C=O) groups excluding carboxylic acids is 1. The number of carbonyl (C=O) groups is 1. The molecule has 0 radical (unpaired) electrons. The molecule has 0 fully saturated rings. The van der Waals surface area contributed by atoms with Crippen LogP contribution in [-0.4, -0.2) is 42.7 Å². The van der Waals surface area contributed by atoms with Crippen LogP contribution in [0.4, 0.5) is 0 Å². The van der Waals surface area contributed by atoms with E-state index in [1.165, 1.54) is 0 Å². The van der Waals surface area contributed by atoms with E-state index in [4.69, 9.17) is 4.74 Å². The van der Waals surface area contributed by atoms with Crippen LogP contribution < -0.4 is 0 Å². The highest BCUT2D eigenvalue weighted by Gasteiger charge is 2.21. The first-order chi connectivity index (χ1) is 10.1. The van der Waals surface area contributed by atoms with Gasteiger partial charge in [-0.3, -0.25) is 0 Å². The van der Waals surface area contributed by atoms with E-state index in [0.29, 0.717) is 12.3 Å². The highest BCUT2D eigenvalue weighted by Crippen LogP contribution is 2.31. The quantitative estimate of drug-likeness (QED) is 0.745. The summed E-state index contributed by atoms with van der Waals surface area (Å²) in [7, 11) is 4.10. The van der Waals surface area contributed by atoms with Gasteiger partial charge in [0, 0.05) is 17.4 Å². The van der Waals surface area contributed by atoms with Crippen molar-refractivity contribution in [1.82, 2.24) is 9.47 Å². The number of halogens is 1. The van der Waals surface area contributed by atoms with Gasteiger partial charge in [0.25, 0.3) is 0 Å². The maximum Gasteiger partial charge on any atom is 0.356 e. The second kappa shape index (κ2) is 7.09. The lowest BCUT2D eigenvalue weighted by molar-refractivity contribution is 0.0513. The van der Waals surface area contributed by atoms with Gasteiger partial charge < -0.3 is 14.2 Å². The third-order valence-corrected chi connectivity index (χ3v) is 4.17. The SMILES string of the molecule is CCOC(=O)c1c(Br)c2ccccc2n1CCCN(C)C. The third kappa shape index (κ3) is 3.47. The normalized spacial score (nSPS) is 11.3. The second-order valence-electron chi connectivity index (χ2n) is 5.21. The van der Waals surface area contributed by atoms with Crippen molar-refractivity contribution in [3.05, 3.63) is 34.4 Å². The minimum atomic E-state index is -0.273.